The second-order valence-electron chi connectivity index (χ2n) is 5.81. The van der Waals surface area contributed by atoms with Crippen molar-refractivity contribution in [2.24, 2.45) is 0 Å². The number of hydrogen-bond donors (Lipinski definition) is 2. The third-order valence-corrected chi connectivity index (χ3v) is 3.40. The van der Waals surface area contributed by atoms with E-state index in [0.29, 0.717) is 0 Å². The van der Waals surface area contributed by atoms with Gasteiger partial charge in [-0.15, -0.1) is 0 Å². The van der Waals surface area contributed by atoms with Gasteiger partial charge in [0.2, 0.25) is 0 Å². The second kappa shape index (κ2) is 7.11. The summed E-state index contributed by atoms with van der Waals surface area (Å²) in [5, 5.41) is 11.7. The number of rotatable bonds is 4. The first-order valence-corrected chi connectivity index (χ1v) is 7.64. The van der Waals surface area contributed by atoms with Gasteiger partial charge in [0.25, 0.3) is 0 Å². The van der Waals surface area contributed by atoms with Gasteiger partial charge in [-0.25, -0.2) is 9.59 Å². The average molecular weight is 405 g/mol. The molecule has 1 aromatic rings. The van der Waals surface area contributed by atoms with Crippen LogP contribution in [0.15, 0.2) is 18.2 Å². The van der Waals surface area contributed by atoms with Crippen LogP contribution in [0, 0.1) is 10.5 Å². The zero-order valence-electron chi connectivity index (χ0n) is 12.6. The van der Waals surface area contributed by atoms with E-state index < -0.39 is 23.7 Å². The summed E-state index contributed by atoms with van der Waals surface area (Å²) in [6.07, 6.45) is -0.504. The molecule has 0 aliphatic carbocycles. The predicted octanol–water partition coefficient (Wildman–Crippen LogP) is 3.12. The maximum Gasteiger partial charge on any atom is 0.408 e. The summed E-state index contributed by atoms with van der Waals surface area (Å²) >= 11 is 2.17. The molecular formula is C15H20INO4. The van der Waals surface area contributed by atoms with Crippen LogP contribution in [0.3, 0.4) is 0 Å². The third-order valence-electron chi connectivity index (χ3n) is 2.72. The van der Waals surface area contributed by atoms with Crippen molar-refractivity contribution < 1.29 is 19.4 Å². The number of carboxylic acids is 1. The van der Waals surface area contributed by atoms with Gasteiger partial charge in [0.1, 0.15) is 11.6 Å². The number of nitrogens with one attached hydrogen (secondary N) is 1. The largest absolute Gasteiger partial charge is 0.480 e. The number of aliphatic carboxylic acids is 1. The Morgan fingerprint density at radius 1 is 1.38 bits per heavy atom. The quantitative estimate of drug-likeness (QED) is 0.755. The minimum absolute atomic E-state index is 0.219. The number of benzene rings is 1. The van der Waals surface area contributed by atoms with Crippen molar-refractivity contribution in [3.8, 4) is 0 Å². The summed E-state index contributed by atoms with van der Waals surface area (Å²) in [5.74, 6) is -1.08. The zero-order valence-corrected chi connectivity index (χ0v) is 14.7. The molecule has 116 valence electrons. The van der Waals surface area contributed by atoms with Crippen LogP contribution in [0.25, 0.3) is 0 Å². The molecule has 0 fully saturated rings. The molecule has 0 bridgehead atoms. The molecule has 1 atom stereocenters. The summed E-state index contributed by atoms with van der Waals surface area (Å²) in [4.78, 5) is 23.0. The van der Waals surface area contributed by atoms with Gasteiger partial charge in [0, 0.05) is 9.99 Å². The van der Waals surface area contributed by atoms with Crippen LogP contribution in [0.2, 0.25) is 0 Å². The molecule has 0 aliphatic heterocycles. The Labute approximate surface area is 138 Å². The summed E-state index contributed by atoms with van der Waals surface area (Å²) in [6.45, 7) is 7.10. The van der Waals surface area contributed by atoms with Crippen LogP contribution in [-0.2, 0) is 16.0 Å². The molecule has 6 heteroatoms. The Kier molecular flexibility index (Phi) is 6.00. The van der Waals surface area contributed by atoms with E-state index >= 15 is 0 Å². The number of ether oxygens (including phenoxy) is 1. The van der Waals surface area contributed by atoms with E-state index in [1.54, 1.807) is 20.8 Å². The Balaban J connectivity index is 2.81. The summed E-state index contributed by atoms with van der Waals surface area (Å²) in [6, 6.07) is 4.79. The van der Waals surface area contributed by atoms with Crippen LogP contribution in [0.5, 0.6) is 0 Å². The van der Waals surface area contributed by atoms with Gasteiger partial charge in [-0.05, 0) is 73.5 Å². The lowest BCUT2D eigenvalue weighted by molar-refractivity contribution is -0.139. The van der Waals surface area contributed by atoms with E-state index in [1.165, 1.54) is 0 Å². The lowest BCUT2D eigenvalue weighted by Crippen LogP contribution is -2.44. The molecule has 0 saturated carbocycles. The highest BCUT2D eigenvalue weighted by Gasteiger charge is 2.24. The molecule has 1 unspecified atom stereocenters. The first kappa shape index (κ1) is 17.7. The van der Waals surface area contributed by atoms with E-state index in [9.17, 15) is 14.7 Å². The standard InChI is InChI=1S/C15H20INO4/c1-9-5-6-11(16)7-10(9)8-12(13(18)19)17-14(20)21-15(2,3)4/h5-7,12H,8H2,1-4H3,(H,17,20)(H,18,19). The van der Waals surface area contributed by atoms with Crippen molar-refractivity contribution in [1.29, 1.82) is 0 Å². The summed E-state index contributed by atoms with van der Waals surface area (Å²) in [5.41, 5.74) is 1.23. The molecule has 0 aliphatic rings. The number of aryl methyl sites for hydroxylation is 1. The van der Waals surface area contributed by atoms with Crippen molar-refractivity contribution in [1.82, 2.24) is 5.32 Å². The van der Waals surface area contributed by atoms with Crippen molar-refractivity contribution in [2.45, 2.75) is 45.8 Å². The maximum absolute atomic E-state index is 11.7. The third kappa shape index (κ3) is 6.33. The highest BCUT2D eigenvalue weighted by molar-refractivity contribution is 14.1. The van der Waals surface area contributed by atoms with Crippen LogP contribution in [-0.4, -0.2) is 28.8 Å². The van der Waals surface area contributed by atoms with E-state index in [1.807, 2.05) is 25.1 Å². The van der Waals surface area contributed by atoms with Gasteiger partial charge in [0.15, 0.2) is 0 Å². The molecule has 0 saturated heterocycles. The predicted molar refractivity (Wildman–Crippen MR) is 88.4 cm³/mol. The van der Waals surface area contributed by atoms with Gasteiger partial charge in [-0.3, -0.25) is 0 Å². The monoisotopic (exact) mass is 405 g/mol. The van der Waals surface area contributed by atoms with Crippen LogP contribution in [0.1, 0.15) is 31.9 Å². The second-order valence-corrected chi connectivity index (χ2v) is 7.06. The number of carbonyl (C=O) groups excluding carboxylic acids is 1. The molecule has 0 spiro atoms. The van der Waals surface area contributed by atoms with E-state index in [4.69, 9.17) is 4.74 Å². The summed E-state index contributed by atoms with van der Waals surface area (Å²) in [7, 11) is 0. The molecule has 1 aromatic carbocycles. The normalized spacial score (nSPS) is 12.6. The minimum Gasteiger partial charge on any atom is -0.480 e. The number of halogens is 1. The fourth-order valence-electron chi connectivity index (χ4n) is 1.73. The Hall–Kier alpha value is -1.31. The van der Waals surface area contributed by atoms with Gasteiger partial charge in [-0.1, -0.05) is 6.07 Å². The highest BCUT2D eigenvalue weighted by Crippen LogP contribution is 2.15. The summed E-state index contributed by atoms with van der Waals surface area (Å²) < 4.78 is 6.12. The Morgan fingerprint density at radius 3 is 2.52 bits per heavy atom. The molecule has 0 radical (unpaired) electrons. The highest BCUT2D eigenvalue weighted by atomic mass is 127. The van der Waals surface area contributed by atoms with Crippen LogP contribution in [0.4, 0.5) is 4.79 Å². The van der Waals surface area contributed by atoms with Crippen molar-refractivity contribution in [2.75, 3.05) is 0 Å². The smallest absolute Gasteiger partial charge is 0.408 e. The lowest BCUT2D eigenvalue weighted by atomic mass is 10.0. The average Bonchev–Trinajstić information content (AvgIpc) is 2.30. The first-order valence-electron chi connectivity index (χ1n) is 6.56. The molecular weight excluding hydrogens is 385 g/mol. The SMILES string of the molecule is Cc1ccc(I)cc1CC(NC(=O)OC(C)(C)C)C(=O)O. The Bertz CT molecular complexity index is 537. The van der Waals surface area contributed by atoms with Crippen LogP contribution < -0.4 is 5.32 Å². The fraction of sp³-hybridized carbons (Fsp3) is 0.467. The van der Waals surface area contributed by atoms with Crippen LogP contribution >= 0.6 is 22.6 Å². The van der Waals surface area contributed by atoms with Gasteiger partial charge in [-0.2, -0.15) is 0 Å². The van der Waals surface area contributed by atoms with Gasteiger partial charge in [0.05, 0.1) is 0 Å². The van der Waals surface area contributed by atoms with Gasteiger partial charge < -0.3 is 15.2 Å². The number of carbonyl (C=O) groups is 2. The van der Waals surface area contributed by atoms with Crippen molar-refractivity contribution >= 4 is 34.7 Å². The molecule has 1 amide bonds. The first-order chi connectivity index (χ1) is 9.58. The molecule has 0 aromatic heterocycles. The molecule has 21 heavy (non-hydrogen) atoms. The molecule has 1 rings (SSSR count). The fourth-order valence-corrected chi connectivity index (χ4v) is 2.29. The zero-order chi connectivity index (χ0) is 16.2. The number of carboxylic acid groups (broad SMARTS) is 1. The molecule has 0 heterocycles. The van der Waals surface area contributed by atoms with E-state index in [2.05, 4.69) is 27.9 Å². The maximum atomic E-state index is 11.7. The minimum atomic E-state index is -1.08. The molecule has 2 N–H and O–H groups in total. The number of alkyl carbamates (subject to hydrolysis) is 1. The Morgan fingerprint density at radius 2 is 2.00 bits per heavy atom. The van der Waals surface area contributed by atoms with E-state index in [0.717, 1.165) is 14.7 Å². The number of amides is 1. The topological polar surface area (TPSA) is 75.6 Å². The lowest BCUT2D eigenvalue weighted by Gasteiger charge is -2.22. The van der Waals surface area contributed by atoms with Crippen molar-refractivity contribution in [3.63, 3.8) is 0 Å². The molecule has 5 nitrogen and oxygen atoms in total. The van der Waals surface area contributed by atoms with Gasteiger partial charge >= 0.3 is 12.1 Å². The number of hydrogen-bond acceptors (Lipinski definition) is 3. The van der Waals surface area contributed by atoms with E-state index in [-0.39, 0.29) is 6.42 Å². The van der Waals surface area contributed by atoms with Crippen molar-refractivity contribution in [3.05, 3.63) is 32.9 Å².